The molecule has 2 amide bonds. The second-order valence-corrected chi connectivity index (χ2v) is 10.9. The van der Waals surface area contributed by atoms with E-state index in [-0.39, 0.29) is 41.6 Å². The van der Waals surface area contributed by atoms with Gasteiger partial charge in [-0.15, -0.1) is 0 Å². The van der Waals surface area contributed by atoms with Crippen molar-refractivity contribution in [3.05, 3.63) is 29.3 Å². The highest BCUT2D eigenvalue weighted by molar-refractivity contribution is 6.39. The van der Waals surface area contributed by atoms with Crippen LogP contribution in [0.5, 0.6) is 0 Å². The van der Waals surface area contributed by atoms with Crippen molar-refractivity contribution >= 4 is 35.0 Å². The Hall–Kier alpha value is -3.72. The Morgan fingerprint density at radius 3 is 2.44 bits per heavy atom. The van der Waals surface area contributed by atoms with E-state index in [1.807, 2.05) is 5.32 Å². The van der Waals surface area contributed by atoms with Gasteiger partial charge in [0.2, 0.25) is 24.1 Å². The van der Waals surface area contributed by atoms with Gasteiger partial charge in [0.1, 0.15) is 11.3 Å². The number of alkyl halides is 6. The van der Waals surface area contributed by atoms with Crippen molar-refractivity contribution < 1.29 is 40.3 Å². The second kappa shape index (κ2) is 13.7. The highest BCUT2D eigenvalue weighted by Gasteiger charge is 2.40. The summed E-state index contributed by atoms with van der Waals surface area (Å²) >= 11 is 0. The number of fused-ring (bicyclic) bond motifs is 1. The second-order valence-electron chi connectivity index (χ2n) is 10.9. The van der Waals surface area contributed by atoms with Gasteiger partial charge in [-0.2, -0.15) is 0 Å². The quantitative estimate of drug-likeness (QED) is 0.169. The van der Waals surface area contributed by atoms with Gasteiger partial charge in [0.05, 0.1) is 30.4 Å². The van der Waals surface area contributed by atoms with Crippen molar-refractivity contribution in [2.75, 3.05) is 6.54 Å². The summed E-state index contributed by atoms with van der Waals surface area (Å²) in [4.78, 5) is 40.7. The standard InChI is InChI=1S/C27H34F7N7O2/c1-13(2)38-23(37-12-35)25(43)41-20(14-6-8-27(33,34)9-7-14)22-39-17-5-4-15(19(30)21(17)40-22)16(10-18(28)29)24(42)36-11-26(3,31)32/h4-5,12-14,16,18,20H,6-11H2,1-3H3,(H,36,42)(H,39,40)(H,41,43)(H2,35,37,38)/t16-,20+/m1/s1. The number of rotatable bonds is 10. The van der Waals surface area contributed by atoms with Crippen molar-refractivity contribution in [1.29, 1.82) is 0 Å². The summed E-state index contributed by atoms with van der Waals surface area (Å²) in [5, 5.41) is 4.55. The zero-order valence-corrected chi connectivity index (χ0v) is 23.7. The number of H-pyrrole nitrogens is 1. The van der Waals surface area contributed by atoms with Crippen LogP contribution in [-0.4, -0.2) is 64.8 Å². The lowest BCUT2D eigenvalue weighted by molar-refractivity contribution is -0.125. The van der Waals surface area contributed by atoms with Crippen LogP contribution < -0.4 is 16.4 Å². The number of amidine groups is 1. The molecule has 2 atom stereocenters. The predicted octanol–water partition coefficient (Wildman–Crippen LogP) is 4.99. The van der Waals surface area contributed by atoms with Crippen molar-refractivity contribution in [3.8, 4) is 0 Å². The summed E-state index contributed by atoms with van der Waals surface area (Å²) in [6.45, 7) is 2.76. The Kier molecular flexibility index (Phi) is 10.8. The molecule has 16 heteroatoms. The number of nitrogens with two attached hydrogens (primary N) is 1. The van der Waals surface area contributed by atoms with E-state index >= 15 is 4.39 Å². The number of carbonyl (C=O) groups is 2. The lowest BCUT2D eigenvalue weighted by atomic mass is 9.81. The van der Waals surface area contributed by atoms with Crippen LogP contribution in [0.1, 0.15) is 76.2 Å². The van der Waals surface area contributed by atoms with Crippen LogP contribution in [-0.2, 0) is 9.59 Å². The normalized spacial score (nSPS) is 18.0. The minimum absolute atomic E-state index is 0.0156. The first kappa shape index (κ1) is 33.8. The average molecular weight is 622 g/mol. The van der Waals surface area contributed by atoms with Crippen molar-refractivity contribution in [2.24, 2.45) is 21.6 Å². The van der Waals surface area contributed by atoms with E-state index in [9.17, 15) is 35.9 Å². The van der Waals surface area contributed by atoms with Crippen LogP contribution in [0.4, 0.5) is 30.7 Å². The van der Waals surface area contributed by atoms with Crippen LogP contribution in [0, 0.1) is 11.7 Å². The molecule has 0 unspecified atom stereocenters. The van der Waals surface area contributed by atoms with E-state index in [4.69, 9.17) is 5.73 Å². The molecule has 1 fully saturated rings. The minimum Gasteiger partial charge on any atom is -0.390 e. The fourth-order valence-electron chi connectivity index (χ4n) is 4.89. The van der Waals surface area contributed by atoms with Gasteiger partial charge in [0.15, 0.2) is 5.82 Å². The molecule has 3 rings (SSSR count). The molecule has 0 bridgehead atoms. The minimum atomic E-state index is -3.33. The Balaban J connectivity index is 2.03. The molecule has 1 aliphatic rings. The van der Waals surface area contributed by atoms with Crippen molar-refractivity contribution in [3.63, 3.8) is 0 Å². The summed E-state index contributed by atoms with van der Waals surface area (Å²) in [7, 11) is 0. The molecule has 0 radical (unpaired) electrons. The number of amides is 2. The Bertz CT molecular complexity index is 1350. The first-order valence-corrected chi connectivity index (χ1v) is 13.6. The Morgan fingerprint density at radius 1 is 1.23 bits per heavy atom. The van der Waals surface area contributed by atoms with Gasteiger partial charge in [0.25, 0.3) is 11.8 Å². The van der Waals surface area contributed by atoms with Gasteiger partial charge in [-0.3, -0.25) is 14.6 Å². The van der Waals surface area contributed by atoms with Gasteiger partial charge in [-0.1, -0.05) is 6.07 Å². The van der Waals surface area contributed by atoms with Gasteiger partial charge >= 0.3 is 0 Å². The van der Waals surface area contributed by atoms with Crippen molar-refractivity contribution in [1.82, 2.24) is 20.6 Å². The zero-order chi connectivity index (χ0) is 32.1. The first-order chi connectivity index (χ1) is 20.0. The van der Waals surface area contributed by atoms with E-state index < -0.39 is 85.2 Å². The Labute approximate surface area is 243 Å². The molecule has 5 N–H and O–H groups in total. The smallest absolute Gasteiger partial charge is 0.289 e. The number of nitrogens with one attached hydrogen (secondary N) is 3. The molecule has 1 aromatic carbocycles. The van der Waals surface area contributed by atoms with Gasteiger partial charge in [-0.05, 0) is 38.7 Å². The van der Waals surface area contributed by atoms with Crippen LogP contribution in [0.15, 0.2) is 22.1 Å². The van der Waals surface area contributed by atoms with Crippen LogP contribution in [0.2, 0.25) is 0 Å². The third kappa shape index (κ3) is 9.13. The molecule has 43 heavy (non-hydrogen) atoms. The van der Waals surface area contributed by atoms with Crippen molar-refractivity contribution in [2.45, 2.75) is 89.1 Å². The molecular formula is C27H34F7N7O2. The molecule has 238 valence electrons. The van der Waals surface area contributed by atoms with E-state index in [1.165, 1.54) is 6.07 Å². The van der Waals surface area contributed by atoms with E-state index in [0.717, 1.165) is 12.4 Å². The van der Waals surface area contributed by atoms with E-state index in [1.54, 1.807) is 13.8 Å². The highest BCUT2D eigenvalue weighted by Crippen LogP contribution is 2.41. The number of halogens is 7. The van der Waals surface area contributed by atoms with Crippen LogP contribution in [0.25, 0.3) is 11.0 Å². The molecule has 1 saturated carbocycles. The number of carbonyl (C=O) groups excluding carboxylic acids is 2. The van der Waals surface area contributed by atoms with E-state index in [0.29, 0.717) is 6.92 Å². The van der Waals surface area contributed by atoms with Gasteiger partial charge in [-0.25, -0.2) is 40.7 Å². The number of hydrogen-bond acceptors (Lipinski definition) is 4. The molecule has 1 aromatic heterocycles. The zero-order valence-electron chi connectivity index (χ0n) is 23.7. The highest BCUT2D eigenvalue weighted by atomic mass is 19.3. The maximum atomic E-state index is 15.8. The van der Waals surface area contributed by atoms with Gasteiger partial charge in [0, 0.05) is 37.8 Å². The molecule has 0 aliphatic heterocycles. The monoisotopic (exact) mass is 621 g/mol. The molecule has 9 nitrogen and oxygen atoms in total. The topological polar surface area (TPSA) is 138 Å². The number of aliphatic imine (C=N–C) groups is 2. The Morgan fingerprint density at radius 2 is 1.88 bits per heavy atom. The SMILES string of the molecule is CC(C)N=C(N=CN)C(=O)N[C@H](c1nc2c(F)c([C@@H](CC(F)F)C(=O)NCC(C)(F)F)ccc2[nH]1)C1CCC(F)(F)CC1. The van der Waals surface area contributed by atoms with E-state index in [2.05, 4.69) is 25.3 Å². The summed E-state index contributed by atoms with van der Waals surface area (Å²) in [5.74, 6) is -12.1. The molecule has 0 spiro atoms. The first-order valence-electron chi connectivity index (χ1n) is 13.6. The number of imidazole rings is 1. The maximum Gasteiger partial charge on any atom is 0.289 e. The lowest BCUT2D eigenvalue weighted by Crippen LogP contribution is -2.40. The lowest BCUT2D eigenvalue weighted by Gasteiger charge is -2.33. The fourth-order valence-corrected chi connectivity index (χ4v) is 4.89. The summed E-state index contributed by atoms with van der Waals surface area (Å²) in [5.41, 5.74) is 4.53. The number of nitrogens with zero attached hydrogens (tertiary/aromatic N) is 3. The number of hydrogen-bond donors (Lipinski definition) is 4. The van der Waals surface area contributed by atoms with Gasteiger partial charge < -0.3 is 21.4 Å². The molecule has 0 saturated heterocycles. The molecule has 2 aromatic rings. The average Bonchev–Trinajstić information content (AvgIpc) is 3.34. The summed E-state index contributed by atoms with van der Waals surface area (Å²) in [6, 6.07) is 0.935. The molecular weight excluding hydrogens is 587 g/mol. The number of aromatic nitrogens is 2. The van der Waals surface area contributed by atoms with Crippen LogP contribution >= 0.6 is 0 Å². The van der Waals surface area contributed by atoms with Crippen LogP contribution in [0.3, 0.4) is 0 Å². The summed E-state index contributed by atoms with van der Waals surface area (Å²) < 4.78 is 96.9. The third-order valence-corrected chi connectivity index (χ3v) is 6.91. The number of aromatic amines is 1. The fraction of sp³-hybridized carbons (Fsp3) is 0.593. The molecule has 1 aliphatic carbocycles. The molecule has 1 heterocycles. The number of benzene rings is 1. The predicted molar refractivity (Wildman–Crippen MR) is 146 cm³/mol. The largest absolute Gasteiger partial charge is 0.390 e. The third-order valence-electron chi connectivity index (χ3n) is 6.91. The summed E-state index contributed by atoms with van der Waals surface area (Å²) in [6.07, 6.45) is -4.30. The maximum absolute atomic E-state index is 15.8.